The summed E-state index contributed by atoms with van der Waals surface area (Å²) in [6.07, 6.45) is 0. The second-order valence-corrected chi connectivity index (χ2v) is 5.24. The second-order valence-electron chi connectivity index (χ2n) is 5.24. The van der Waals surface area contributed by atoms with Gasteiger partial charge in [0.2, 0.25) is 0 Å². The molecule has 4 heteroatoms. The number of aryl methyl sites for hydroxylation is 3. The molecule has 2 N–H and O–H groups in total. The molecule has 0 amide bonds. The van der Waals surface area contributed by atoms with Gasteiger partial charge in [0.05, 0.1) is 6.04 Å². The van der Waals surface area contributed by atoms with Gasteiger partial charge in [-0.3, -0.25) is 0 Å². The number of nitrogens with two attached hydrogens (primary N) is 1. The maximum atomic E-state index is 12.1. The Labute approximate surface area is 123 Å². The van der Waals surface area contributed by atoms with Crippen LogP contribution in [0.25, 0.3) is 0 Å². The third kappa shape index (κ3) is 3.58. The average Bonchev–Trinajstić information content (AvgIpc) is 2.37. The Morgan fingerprint density at radius 3 is 1.95 bits per heavy atom. The molecule has 0 saturated heterocycles. The van der Waals surface area contributed by atoms with Gasteiger partial charge in [0, 0.05) is 0 Å². The fourth-order valence-electron chi connectivity index (χ4n) is 2.71. The smallest absolute Gasteiger partial charge is 0.387 e. The summed E-state index contributed by atoms with van der Waals surface area (Å²) < 4.78 is 28.6. The van der Waals surface area contributed by atoms with Gasteiger partial charge in [0.1, 0.15) is 5.75 Å². The molecular weight excluding hydrogens is 272 g/mol. The zero-order chi connectivity index (χ0) is 15.6. The fraction of sp³-hybridized carbons (Fsp3) is 0.294. The van der Waals surface area contributed by atoms with Crippen LogP contribution < -0.4 is 10.5 Å². The van der Waals surface area contributed by atoms with Crippen LogP contribution in [-0.4, -0.2) is 6.61 Å². The first-order valence-electron chi connectivity index (χ1n) is 6.76. The van der Waals surface area contributed by atoms with Crippen molar-refractivity contribution in [1.29, 1.82) is 0 Å². The Hall–Kier alpha value is -1.94. The zero-order valence-corrected chi connectivity index (χ0v) is 12.4. The lowest BCUT2D eigenvalue weighted by atomic mass is 9.90. The molecule has 0 aromatic heterocycles. The highest BCUT2D eigenvalue weighted by Gasteiger charge is 2.15. The van der Waals surface area contributed by atoms with Crippen molar-refractivity contribution in [3.05, 3.63) is 64.2 Å². The van der Waals surface area contributed by atoms with Crippen LogP contribution in [0.5, 0.6) is 5.75 Å². The second kappa shape index (κ2) is 6.22. The van der Waals surface area contributed by atoms with Crippen LogP contribution in [0.4, 0.5) is 8.78 Å². The predicted molar refractivity (Wildman–Crippen MR) is 79.8 cm³/mol. The highest BCUT2D eigenvalue weighted by Crippen LogP contribution is 2.28. The van der Waals surface area contributed by atoms with Crippen LogP contribution in [0.3, 0.4) is 0 Å². The molecule has 0 heterocycles. The number of rotatable bonds is 4. The van der Waals surface area contributed by atoms with E-state index in [9.17, 15) is 8.78 Å². The van der Waals surface area contributed by atoms with Crippen LogP contribution in [0.2, 0.25) is 0 Å². The van der Waals surface area contributed by atoms with Crippen molar-refractivity contribution in [2.24, 2.45) is 5.73 Å². The number of benzene rings is 2. The molecule has 1 unspecified atom stereocenters. The van der Waals surface area contributed by atoms with Crippen molar-refractivity contribution in [3.8, 4) is 5.75 Å². The maximum absolute atomic E-state index is 12.1. The Bertz CT molecular complexity index is 600. The molecule has 0 radical (unpaired) electrons. The Kier molecular flexibility index (Phi) is 4.58. The molecule has 2 nitrogen and oxygen atoms in total. The van der Waals surface area contributed by atoms with Crippen molar-refractivity contribution >= 4 is 0 Å². The molecule has 0 aliphatic rings. The SMILES string of the molecule is Cc1cc(C)c(C(N)c2ccc(OC(F)F)cc2)c(C)c1. The van der Waals surface area contributed by atoms with Crippen LogP contribution in [0, 0.1) is 20.8 Å². The topological polar surface area (TPSA) is 35.2 Å². The van der Waals surface area contributed by atoms with Gasteiger partial charge in [-0.25, -0.2) is 0 Å². The first-order valence-corrected chi connectivity index (χ1v) is 6.76. The van der Waals surface area contributed by atoms with E-state index < -0.39 is 6.61 Å². The minimum absolute atomic E-state index is 0.137. The molecule has 112 valence electrons. The lowest BCUT2D eigenvalue weighted by Crippen LogP contribution is -2.15. The average molecular weight is 291 g/mol. The molecule has 21 heavy (non-hydrogen) atoms. The molecule has 0 aliphatic heterocycles. The van der Waals surface area contributed by atoms with E-state index in [1.54, 1.807) is 12.1 Å². The van der Waals surface area contributed by atoms with Crippen LogP contribution >= 0.6 is 0 Å². The summed E-state index contributed by atoms with van der Waals surface area (Å²) in [6.45, 7) is 3.30. The van der Waals surface area contributed by atoms with Crippen molar-refractivity contribution in [2.75, 3.05) is 0 Å². The Balaban J connectivity index is 2.30. The molecule has 1 atom stereocenters. The van der Waals surface area contributed by atoms with Gasteiger partial charge in [0.15, 0.2) is 0 Å². The van der Waals surface area contributed by atoms with Gasteiger partial charge in [0.25, 0.3) is 0 Å². The fourth-order valence-corrected chi connectivity index (χ4v) is 2.71. The van der Waals surface area contributed by atoms with E-state index in [2.05, 4.69) is 16.9 Å². The van der Waals surface area contributed by atoms with Gasteiger partial charge in [-0.15, -0.1) is 0 Å². The van der Waals surface area contributed by atoms with Crippen molar-refractivity contribution in [1.82, 2.24) is 0 Å². The molecule has 0 fully saturated rings. The zero-order valence-electron chi connectivity index (χ0n) is 12.4. The summed E-state index contributed by atoms with van der Waals surface area (Å²) in [4.78, 5) is 0. The lowest BCUT2D eigenvalue weighted by molar-refractivity contribution is -0.0498. The van der Waals surface area contributed by atoms with E-state index in [1.165, 1.54) is 17.7 Å². The van der Waals surface area contributed by atoms with E-state index in [0.717, 1.165) is 22.3 Å². The molecule has 0 saturated carbocycles. The number of hydrogen-bond acceptors (Lipinski definition) is 2. The highest BCUT2D eigenvalue weighted by molar-refractivity contribution is 5.44. The Morgan fingerprint density at radius 1 is 0.952 bits per heavy atom. The first-order chi connectivity index (χ1) is 9.88. The number of alkyl halides is 2. The predicted octanol–water partition coefficient (Wildman–Crippen LogP) is 4.26. The monoisotopic (exact) mass is 291 g/mol. The Morgan fingerprint density at radius 2 is 1.48 bits per heavy atom. The van der Waals surface area contributed by atoms with Gasteiger partial charge >= 0.3 is 6.61 Å². The van der Waals surface area contributed by atoms with Gasteiger partial charge in [-0.05, 0) is 55.2 Å². The van der Waals surface area contributed by atoms with E-state index >= 15 is 0 Å². The summed E-state index contributed by atoms with van der Waals surface area (Å²) in [5.74, 6) is 0.137. The third-order valence-electron chi connectivity index (χ3n) is 3.51. The standard InChI is InChI=1S/C17H19F2NO/c1-10-8-11(2)15(12(3)9-10)16(20)13-4-6-14(7-5-13)21-17(18)19/h4-9,16-17H,20H2,1-3H3. The van der Waals surface area contributed by atoms with Crippen molar-refractivity contribution < 1.29 is 13.5 Å². The van der Waals surface area contributed by atoms with Crippen LogP contribution in [-0.2, 0) is 0 Å². The van der Waals surface area contributed by atoms with Crippen LogP contribution in [0.15, 0.2) is 36.4 Å². The summed E-state index contributed by atoms with van der Waals surface area (Å²) in [5, 5.41) is 0. The molecule has 0 spiro atoms. The van der Waals surface area contributed by atoms with Gasteiger partial charge in [-0.2, -0.15) is 8.78 Å². The molecule has 2 aromatic carbocycles. The number of halogens is 2. The number of hydrogen-bond donors (Lipinski definition) is 1. The number of ether oxygens (including phenoxy) is 1. The molecule has 0 bridgehead atoms. The normalized spacial score (nSPS) is 12.5. The minimum Gasteiger partial charge on any atom is -0.435 e. The molecule has 2 aromatic rings. The summed E-state index contributed by atoms with van der Waals surface area (Å²) >= 11 is 0. The lowest BCUT2D eigenvalue weighted by Gasteiger charge is -2.19. The van der Waals surface area contributed by atoms with Gasteiger partial charge < -0.3 is 10.5 Å². The summed E-state index contributed by atoms with van der Waals surface area (Å²) in [7, 11) is 0. The first kappa shape index (κ1) is 15.4. The van der Waals surface area contributed by atoms with E-state index in [0.29, 0.717) is 0 Å². The summed E-state index contributed by atoms with van der Waals surface area (Å²) in [6, 6.07) is 10.4. The quantitative estimate of drug-likeness (QED) is 0.913. The van der Waals surface area contributed by atoms with Crippen molar-refractivity contribution in [3.63, 3.8) is 0 Å². The minimum atomic E-state index is -2.81. The van der Waals surface area contributed by atoms with Crippen LogP contribution in [0.1, 0.15) is 33.9 Å². The van der Waals surface area contributed by atoms with Gasteiger partial charge in [-0.1, -0.05) is 29.8 Å². The summed E-state index contributed by atoms with van der Waals surface area (Å²) in [5.41, 5.74) is 11.7. The van der Waals surface area contributed by atoms with Crippen molar-refractivity contribution in [2.45, 2.75) is 33.4 Å². The highest BCUT2D eigenvalue weighted by atomic mass is 19.3. The molecule has 0 aliphatic carbocycles. The molecule has 2 rings (SSSR count). The van der Waals surface area contributed by atoms with E-state index in [-0.39, 0.29) is 11.8 Å². The third-order valence-corrected chi connectivity index (χ3v) is 3.51. The largest absolute Gasteiger partial charge is 0.435 e. The maximum Gasteiger partial charge on any atom is 0.387 e. The van der Waals surface area contributed by atoms with E-state index in [4.69, 9.17) is 5.73 Å². The van der Waals surface area contributed by atoms with E-state index in [1.807, 2.05) is 20.8 Å². The molecular formula is C17H19F2NO.